The van der Waals surface area contributed by atoms with Crippen LogP contribution in [0.15, 0.2) is 24.3 Å². The summed E-state index contributed by atoms with van der Waals surface area (Å²) in [6.45, 7) is 3.40. The lowest BCUT2D eigenvalue weighted by Gasteiger charge is -2.14. The molecular formula is C14H20N2O5S. The van der Waals surface area contributed by atoms with Crippen LogP contribution in [-0.2, 0) is 16.4 Å². The number of sulfone groups is 1. The molecule has 0 bridgehead atoms. The zero-order valence-electron chi connectivity index (χ0n) is 12.5. The quantitative estimate of drug-likeness (QED) is 0.691. The summed E-state index contributed by atoms with van der Waals surface area (Å²) in [6, 6.07) is 5.16. The van der Waals surface area contributed by atoms with Gasteiger partial charge < -0.3 is 15.7 Å². The second-order valence-electron chi connectivity index (χ2n) is 4.93. The van der Waals surface area contributed by atoms with Gasteiger partial charge in [-0.15, -0.1) is 0 Å². The van der Waals surface area contributed by atoms with E-state index in [1.165, 1.54) is 12.1 Å². The van der Waals surface area contributed by atoms with Crippen LogP contribution in [-0.4, -0.2) is 43.1 Å². The van der Waals surface area contributed by atoms with Crippen molar-refractivity contribution in [1.29, 1.82) is 0 Å². The van der Waals surface area contributed by atoms with Gasteiger partial charge in [0, 0.05) is 18.3 Å². The SMILES string of the molecule is CCS(=O)(=O)CC(C)NC(=O)NCc1ccc(C(=O)O)cc1. The van der Waals surface area contributed by atoms with Crippen molar-refractivity contribution in [3.8, 4) is 0 Å². The van der Waals surface area contributed by atoms with Crippen molar-refractivity contribution < 1.29 is 23.1 Å². The van der Waals surface area contributed by atoms with Gasteiger partial charge in [-0.25, -0.2) is 18.0 Å². The third kappa shape index (κ3) is 6.13. The Bertz CT molecular complexity index is 625. The van der Waals surface area contributed by atoms with Crippen molar-refractivity contribution >= 4 is 21.8 Å². The Kier molecular flexibility index (Phi) is 6.36. The fourth-order valence-electron chi connectivity index (χ4n) is 1.76. The van der Waals surface area contributed by atoms with E-state index in [9.17, 15) is 18.0 Å². The van der Waals surface area contributed by atoms with Crippen LogP contribution >= 0.6 is 0 Å². The average molecular weight is 328 g/mol. The Morgan fingerprint density at radius 3 is 2.32 bits per heavy atom. The molecule has 1 unspecified atom stereocenters. The zero-order valence-corrected chi connectivity index (χ0v) is 13.3. The number of carboxylic acid groups (broad SMARTS) is 1. The first-order valence-corrected chi connectivity index (χ1v) is 8.62. The van der Waals surface area contributed by atoms with E-state index in [1.54, 1.807) is 26.0 Å². The second-order valence-corrected chi connectivity index (χ2v) is 7.33. The summed E-state index contributed by atoms with van der Waals surface area (Å²) in [6.07, 6.45) is 0. The van der Waals surface area contributed by atoms with E-state index in [0.717, 1.165) is 5.56 Å². The molecule has 0 aliphatic rings. The number of carbonyl (C=O) groups is 2. The first-order valence-electron chi connectivity index (χ1n) is 6.80. The summed E-state index contributed by atoms with van der Waals surface area (Å²) < 4.78 is 22.9. The summed E-state index contributed by atoms with van der Waals surface area (Å²) in [5.74, 6) is -1.08. The lowest BCUT2D eigenvalue weighted by molar-refractivity contribution is 0.0697. The van der Waals surface area contributed by atoms with Crippen LogP contribution in [0, 0.1) is 0 Å². The van der Waals surface area contributed by atoms with Crippen molar-refractivity contribution in [3.63, 3.8) is 0 Å². The third-order valence-electron chi connectivity index (χ3n) is 2.98. The molecule has 0 heterocycles. The van der Waals surface area contributed by atoms with Gasteiger partial charge in [-0.2, -0.15) is 0 Å². The standard InChI is InChI=1S/C14H20N2O5S/c1-3-22(20,21)9-10(2)16-14(19)15-8-11-4-6-12(7-5-11)13(17)18/h4-7,10H,3,8-9H2,1-2H3,(H,17,18)(H2,15,16,19). The van der Waals surface area contributed by atoms with Crippen molar-refractivity contribution in [1.82, 2.24) is 10.6 Å². The van der Waals surface area contributed by atoms with Crippen LogP contribution in [0.2, 0.25) is 0 Å². The number of aromatic carboxylic acids is 1. The van der Waals surface area contributed by atoms with Gasteiger partial charge in [0.1, 0.15) is 0 Å². The largest absolute Gasteiger partial charge is 0.478 e. The Labute approximate surface area is 129 Å². The number of urea groups is 1. The third-order valence-corrected chi connectivity index (χ3v) is 4.86. The van der Waals surface area contributed by atoms with Crippen molar-refractivity contribution in [2.75, 3.05) is 11.5 Å². The van der Waals surface area contributed by atoms with Gasteiger partial charge in [-0.3, -0.25) is 0 Å². The summed E-state index contributed by atoms with van der Waals surface area (Å²) in [5.41, 5.74) is 0.917. The maximum absolute atomic E-state index is 11.7. The maximum atomic E-state index is 11.7. The molecule has 0 fully saturated rings. The van der Waals surface area contributed by atoms with Crippen molar-refractivity contribution in [3.05, 3.63) is 35.4 Å². The number of carbonyl (C=O) groups excluding carboxylic acids is 1. The van der Waals surface area contributed by atoms with Gasteiger partial charge in [0.2, 0.25) is 0 Å². The van der Waals surface area contributed by atoms with Gasteiger partial charge in [0.25, 0.3) is 0 Å². The molecule has 122 valence electrons. The highest BCUT2D eigenvalue weighted by atomic mass is 32.2. The fourth-order valence-corrected chi connectivity index (χ4v) is 2.84. The smallest absolute Gasteiger partial charge is 0.335 e. The summed E-state index contributed by atoms with van der Waals surface area (Å²) >= 11 is 0. The number of nitrogens with one attached hydrogen (secondary N) is 2. The topological polar surface area (TPSA) is 113 Å². The minimum absolute atomic E-state index is 0.0383. The normalized spacial score (nSPS) is 12.5. The molecule has 1 atom stereocenters. The Hall–Kier alpha value is -2.09. The Morgan fingerprint density at radius 2 is 1.82 bits per heavy atom. The van der Waals surface area contributed by atoms with E-state index < -0.39 is 27.9 Å². The highest BCUT2D eigenvalue weighted by molar-refractivity contribution is 7.91. The molecule has 0 spiro atoms. The molecule has 3 N–H and O–H groups in total. The molecule has 0 saturated heterocycles. The van der Waals surface area contributed by atoms with Gasteiger partial charge in [0.05, 0.1) is 11.3 Å². The van der Waals surface area contributed by atoms with Crippen molar-refractivity contribution in [2.45, 2.75) is 26.4 Å². The molecule has 1 aromatic carbocycles. The van der Waals surface area contributed by atoms with E-state index in [4.69, 9.17) is 5.11 Å². The number of carboxylic acids is 1. The molecule has 0 aromatic heterocycles. The minimum Gasteiger partial charge on any atom is -0.478 e. The van der Waals surface area contributed by atoms with E-state index >= 15 is 0 Å². The Balaban J connectivity index is 2.44. The molecule has 0 aliphatic carbocycles. The lowest BCUT2D eigenvalue weighted by Crippen LogP contribution is -2.43. The van der Waals surface area contributed by atoms with Crippen LogP contribution < -0.4 is 10.6 Å². The molecule has 8 heteroatoms. The summed E-state index contributed by atoms with van der Waals surface area (Å²) in [7, 11) is -3.14. The van der Waals surface area contributed by atoms with Crippen LogP contribution in [0.3, 0.4) is 0 Å². The van der Waals surface area contributed by atoms with Crippen LogP contribution in [0.25, 0.3) is 0 Å². The first kappa shape index (κ1) is 18.0. The Morgan fingerprint density at radius 1 is 1.23 bits per heavy atom. The molecule has 0 aliphatic heterocycles. The van der Waals surface area contributed by atoms with E-state index in [-0.39, 0.29) is 23.6 Å². The van der Waals surface area contributed by atoms with Crippen molar-refractivity contribution in [2.24, 2.45) is 0 Å². The highest BCUT2D eigenvalue weighted by Crippen LogP contribution is 2.04. The number of amides is 2. The molecule has 2 amide bonds. The van der Waals surface area contributed by atoms with E-state index in [0.29, 0.717) is 0 Å². The predicted octanol–water partition coefficient (Wildman–Crippen LogP) is 1.01. The molecular weight excluding hydrogens is 308 g/mol. The molecule has 1 aromatic rings. The van der Waals surface area contributed by atoms with Gasteiger partial charge >= 0.3 is 12.0 Å². The molecule has 1 rings (SSSR count). The minimum atomic E-state index is -3.14. The monoisotopic (exact) mass is 328 g/mol. The predicted molar refractivity (Wildman–Crippen MR) is 82.6 cm³/mol. The van der Waals surface area contributed by atoms with Crippen LogP contribution in [0.1, 0.15) is 29.8 Å². The van der Waals surface area contributed by atoms with Crippen LogP contribution in [0.5, 0.6) is 0 Å². The molecule has 0 radical (unpaired) electrons. The summed E-state index contributed by atoms with van der Waals surface area (Å²) in [4.78, 5) is 22.4. The lowest BCUT2D eigenvalue weighted by atomic mass is 10.1. The van der Waals surface area contributed by atoms with Gasteiger partial charge in [-0.1, -0.05) is 19.1 Å². The van der Waals surface area contributed by atoms with E-state index in [2.05, 4.69) is 10.6 Å². The highest BCUT2D eigenvalue weighted by Gasteiger charge is 2.15. The van der Waals surface area contributed by atoms with Gasteiger partial charge in [0.15, 0.2) is 9.84 Å². The average Bonchev–Trinajstić information content (AvgIpc) is 2.44. The number of rotatable bonds is 7. The molecule has 0 saturated carbocycles. The number of hydrogen-bond donors (Lipinski definition) is 3. The van der Waals surface area contributed by atoms with Gasteiger partial charge in [-0.05, 0) is 24.6 Å². The number of benzene rings is 1. The molecule has 22 heavy (non-hydrogen) atoms. The summed E-state index contributed by atoms with van der Waals surface area (Å²) in [5, 5.41) is 13.9. The second kappa shape index (κ2) is 7.79. The zero-order chi connectivity index (χ0) is 16.8. The first-order chi connectivity index (χ1) is 10.2. The fraction of sp³-hybridized carbons (Fsp3) is 0.429. The molecule has 7 nitrogen and oxygen atoms in total. The van der Waals surface area contributed by atoms with Crippen LogP contribution in [0.4, 0.5) is 4.79 Å². The van der Waals surface area contributed by atoms with E-state index in [1.807, 2.05) is 0 Å². The maximum Gasteiger partial charge on any atom is 0.335 e. The number of hydrogen-bond acceptors (Lipinski definition) is 4.